The lowest BCUT2D eigenvalue weighted by Gasteiger charge is -2.14. The van der Waals surface area contributed by atoms with Crippen LogP contribution in [-0.4, -0.2) is 36.7 Å². The van der Waals surface area contributed by atoms with Crippen LogP contribution in [-0.2, 0) is 0 Å². The summed E-state index contributed by atoms with van der Waals surface area (Å²) in [6, 6.07) is 22.9. The number of hydrogen-bond acceptors (Lipinski definition) is 6. The number of hydrogen-bond donors (Lipinski definition) is 3. The topological polar surface area (TPSA) is 97.9 Å². The minimum Gasteiger partial charge on any atom is -0.493 e. The predicted octanol–water partition coefficient (Wildman–Crippen LogP) is 4.13. The molecule has 3 aromatic carbocycles. The smallest absolute Gasteiger partial charge is 0.269 e. The van der Waals surface area contributed by atoms with Crippen molar-refractivity contribution < 1.29 is 23.8 Å². The lowest BCUT2D eigenvalue weighted by atomic mass is 10.2. The quantitative estimate of drug-likeness (QED) is 0.216. The van der Waals surface area contributed by atoms with Crippen LogP contribution in [0.5, 0.6) is 17.2 Å². The maximum absolute atomic E-state index is 12.7. The Bertz CT molecular complexity index is 1150. The number of nitrogens with one attached hydrogen (secondary N) is 3. The van der Waals surface area contributed by atoms with Crippen LogP contribution in [0.4, 0.5) is 0 Å². The molecule has 0 atom stereocenters. The van der Waals surface area contributed by atoms with Gasteiger partial charge in [-0.15, -0.1) is 0 Å². The molecule has 0 saturated carbocycles. The fourth-order valence-electron chi connectivity index (χ4n) is 2.96. The normalized spacial score (nSPS) is 10.3. The molecule has 0 aliphatic carbocycles. The van der Waals surface area contributed by atoms with E-state index < -0.39 is 11.8 Å². The number of carbonyl (C=O) groups is 2. The van der Waals surface area contributed by atoms with E-state index in [1.165, 1.54) is 0 Å². The van der Waals surface area contributed by atoms with Gasteiger partial charge in [0, 0.05) is 5.56 Å². The zero-order valence-corrected chi connectivity index (χ0v) is 21.0. The van der Waals surface area contributed by atoms with Gasteiger partial charge < -0.3 is 14.2 Å². The molecule has 3 rings (SSSR count). The van der Waals surface area contributed by atoms with E-state index >= 15 is 0 Å². The summed E-state index contributed by atoms with van der Waals surface area (Å²) in [5, 5.41) is 2.47. The van der Waals surface area contributed by atoms with Crippen molar-refractivity contribution in [1.29, 1.82) is 0 Å². The van der Waals surface area contributed by atoms with Gasteiger partial charge in [0.05, 0.1) is 12.2 Å². The summed E-state index contributed by atoms with van der Waals surface area (Å²) < 4.78 is 17.0. The molecule has 36 heavy (non-hydrogen) atoms. The SMILES string of the molecule is CC(C)COc1ccc(C(=O)NNC(=S)NC(=O)c2ccccc2OCCOc2ccccc2)cc1. The third-order valence-electron chi connectivity index (χ3n) is 4.70. The Morgan fingerprint density at radius 3 is 2.11 bits per heavy atom. The highest BCUT2D eigenvalue weighted by Gasteiger charge is 2.14. The summed E-state index contributed by atoms with van der Waals surface area (Å²) >= 11 is 5.14. The van der Waals surface area contributed by atoms with Crippen LogP contribution < -0.4 is 30.4 Å². The first kappa shape index (κ1) is 26.5. The van der Waals surface area contributed by atoms with Crippen LogP contribution in [0, 0.1) is 5.92 Å². The fraction of sp³-hybridized carbons (Fsp3) is 0.222. The van der Waals surface area contributed by atoms with Crippen molar-refractivity contribution in [3.05, 3.63) is 90.0 Å². The molecule has 0 fully saturated rings. The third-order valence-corrected chi connectivity index (χ3v) is 4.91. The highest BCUT2D eigenvalue weighted by Crippen LogP contribution is 2.18. The largest absolute Gasteiger partial charge is 0.493 e. The Labute approximate surface area is 215 Å². The number of ether oxygens (including phenoxy) is 3. The van der Waals surface area contributed by atoms with Crippen molar-refractivity contribution >= 4 is 29.1 Å². The molecule has 0 unspecified atom stereocenters. The van der Waals surface area contributed by atoms with Crippen LogP contribution in [0.15, 0.2) is 78.9 Å². The van der Waals surface area contributed by atoms with Gasteiger partial charge in [0.25, 0.3) is 11.8 Å². The summed E-state index contributed by atoms with van der Waals surface area (Å²) in [4.78, 5) is 25.1. The molecule has 0 radical (unpaired) electrons. The van der Waals surface area contributed by atoms with Crippen LogP contribution in [0.2, 0.25) is 0 Å². The first-order valence-electron chi connectivity index (χ1n) is 11.5. The fourth-order valence-corrected chi connectivity index (χ4v) is 3.10. The van der Waals surface area contributed by atoms with Crippen LogP contribution in [0.25, 0.3) is 0 Å². The van der Waals surface area contributed by atoms with Gasteiger partial charge >= 0.3 is 0 Å². The molecule has 0 aromatic heterocycles. The number of rotatable bonds is 10. The van der Waals surface area contributed by atoms with E-state index in [1.807, 2.05) is 30.3 Å². The van der Waals surface area contributed by atoms with Crippen molar-refractivity contribution in [1.82, 2.24) is 16.2 Å². The minimum absolute atomic E-state index is 0.0625. The van der Waals surface area contributed by atoms with Crippen molar-refractivity contribution in [2.45, 2.75) is 13.8 Å². The lowest BCUT2D eigenvalue weighted by molar-refractivity contribution is 0.0933. The van der Waals surface area contributed by atoms with E-state index in [1.54, 1.807) is 48.5 Å². The van der Waals surface area contributed by atoms with Gasteiger partial charge in [-0.3, -0.25) is 25.8 Å². The molecule has 9 heteroatoms. The van der Waals surface area contributed by atoms with Crippen molar-refractivity contribution in [3.63, 3.8) is 0 Å². The van der Waals surface area contributed by atoms with Crippen LogP contribution in [0.3, 0.4) is 0 Å². The molecule has 2 amide bonds. The second-order valence-electron chi connectivity index (χ2n) is 8.10. The molecular formula is C27H29N3O5S. The number of carbonyl (C=O) groups excluding carboxylic acids is 2. The molecule has 0 aliphatic rings. The number of hydrazine groups is 1. The van der Waals surface area contributed by atoms with Gasteiger partial charge in [-0.25, -0.2) is 0 Å². The molecule has 188 valence electrons. The molecule has 3 N–H and O–H groups in total. The lowest BCUT2D eigenvalue weighted by Crippen LogP contribution is -2.48. The van der Waals surface area contributed by atoms with E-state index in [4.69, 9.17) is 26.4 Å². The van der Waals surface area contributed by atoms with Gasteiger partial charge in [0.15, 0.2) is 5.11 Å². The molecule has 0 aliphatic heterocycles. The average molecular weight is 508 g/mol. The van der Waals surface area contributed by atoms with Gasteiger partial charge in [-0.1, -0.05) is 44.2 Å². The molecule has 0 heterocycles. The molecule has 0 bridgehead atoms. The summed E-state index contributed by atoms with van der Waals surface area (Å²) in [5.74, 6) is 1.32. The molecular weight excluding hydrogens is 478 g/mol. The zero-order valence-electron chi connectivity index (χ0n) is 20.2. The minimum atomic E-state index is -0.479. The summed E-state index contributed by atoms with van der Waals surface area (Å²) in [7, 11) is 0. The highest BCUT2D eigenvalue weighted by atomic mass is 32.1. The number of amides is 2. The standard InChI is InChI=1S/C27H29N3O5S/c1-19(2)18-35-22-14-12-20(13-15-22)25(31)29-30-27(36)28-26(32)23-10-6-7-11-24(23)34-17-16-33-21-8-4-3-5-9-21/h3-15,19H,16-18H2,1-2H3,(H,29,31)(H2,28,30,32,36). The third kappa shape index (κ3) is 8.59. The maximum atomic E-state index is 12.7. The van der Waals surface area contributed by atoms with E-state index in [9.17, 15) is 9.59 Å². The zero-order chi connectivity index (χ0) is 25.8. The average Bonchev–Trinajstić information content (AvgIpc) is 2.89. The first-order valence-corrected chi connectivity index (χ1v) is 11.9. The number of benzene rings is 3. The molecule has 0 saturated heterocycles. The Balaban J connectivity index is 1.45. The second-order valence-corrected chi connectivity index (χ2v) is 8.51. The second kappa shape index (κ2) is 13.7. The van der Waals surface area contributed by atoms with Crippen molar-refractivity contribution in [2.75, 3.05) is 19.8 Å². The Morgan fingerprint density at radius 2 is 1.39 bits per heavy atom. The Kier molecular flexibility index (Phi) is 10.1. The van der Waals surface area contributed by atoms with Gasteiger partial charge in [-0.2, -0.15) is 0 Å². The Morgan fingerprint density at radius 1 is 0.750 bits per heavy atom. The van der Waals surface area contributed by atoms with Gasteiger partial charge in [-0.05, 0) is 66.7 Å². The maximum Gasteiger partial charge on any atom is 0.269 e. The van der Waals surface area contributed by atoms with E-state index in [0.29, 0.717) is 41.8 Å². The van der Waals surface area contributed by atoms with E-state index in [-0.39, 0.29) is 11.7 Å². The summed E-state index contributed by atoms with van der Waals surface area (Å²) in [6.45, 7) is 5.28. The molecule has 0 spiro atoms. The summed E-state index contributed by atoms with van der Waals surface area (Å²) in [6.07, 6.45) is 0. The monoisotopic (exact) mass is 507 g/mol. The number of para-hydroxylation sites is 2. The van der Waals surface area contributed by atoms with E-state index in [0.717, 1.165) is 5.75 Å². The van der Waals surface area contributed by atoms with Gasteiger partial charge in [0.1, 0.15) is 30.5 Å². The Hall–Kier alpha value is -4.11. The predicted molar refractivity (Wildman–Crippen MR) is 141 cm³/mol. The van der Waals surface area contributed by atoms with Crippen LogP contribution in [0.1, 0.15) is 34.6 Å². The highest BCUT2D eigenvalue weighted by molar-refractivity contribution is 7.80. The van der Waals surface area contributed by atoms with Crippen molar-refractivity contribution in [3.8, 4) is 17.2 Å². The molecule has 8 nitrogen and oxygen atoms in total. The van der Waals surface area contributed by atoms with E-state index in [2.05, 4.69) is 30.0 Å². The van der Waals surface area contributed by atoms with Gasteiger partial charge in [0.2, 0.25) is 0 Å². The van der Waals surface area contributed by atoms with Crippen molar-refractivity contribution in [2.24, 2.45) is 5.92 Å². The molecule has 3 aromatic rings. The summed E-state index contributed by atoms with van der Waals surface area (Å²) in [5.41, 5.74) is 5.70. The number of thiocarbonyl (C=S) groups is 1. The van der Waals surface area contributed by atoms with Crippen LogP contribution >= 0.6 is 12.2 Å². The first-order chi connectivity index (χ1) is 17.4.